The first-order chi connectivity index (χ1) is 27.8. The van der Waals surface area contributed by atoms with E-state index >= 15 is 0 Å². The van der Waals surface area contributed by atoms with Crippen molar-refractivity contribution < 1.29 is 0 Å². The Balaban J connectivity index is 1.16. The van der Waals surface area contributed by atoms with E-state index in [0.717, 1.165) is 61.5 Å². The Morgan fingerprint density at radius 3 is 1.29 bits per heavy atom. The van der Waals surface area contributed by atoms with Crippen molar-refractivity contribution in [2.75, 3.05) is 0 Å². The fraction of sp³-hybridized carbons (Fsp3) is 0.0196. The van der Waals surface area contributed by atoms with Gasteiger partial charge in [0.2, 0.25) is 0 Å². The van der Waals surface area contributed by atoms with E-state index in [2.05, 4.69) is 203 Å². The molecule has 2 aromatic heterocycles. The highest BCUT2D eigenvalue weighted by Crippen LogP contribution is 2.37. The molecule has 1 unspecified atom stereocenters. The number of hydrogen-bond acceptors (Lipinski definition) is 3. The molecule has 1 aliphatic heterocycles. The third-order valence-corrected chi connectivity index (χ3v) is 11.0. The van der Waals surface area contributed by atoms with Crippen molar-refractivity contribution in [3.05, 3.63) is 217 Å². The van der Waals surface area contributed by atoms with Crippen LogP contribution < -0.4 is 5.32 Å². The normalized spacial score (nSPS) is 14.2. The molecule has 0 saturated carbocycles. The molecule has 5 nitrogen and oxygen atoms in total. The molecule has 0 saturated heterocycles. The molecule has 8 aromatic carbocycles. The first-order valence-electron chi connectivity index (χ1n) is 19.0. The van der Waals surface area contributed by atoms with Crippen LogP contribution in [0.3, 0.4) is 0 Å². The van der Waals surface area contributed by atoms with E-state index in [9.17, 15) is 0 Å². The Morgan fingerprint density at radius 1 is 0.375 bits per heavy atom. The van der Waals surface area contributed by atoms with Gasteiger partial charge in [0.05, 0.1) is 22.1 Å². The summed E-state index contributed by atoms with van der Waals surface area (Å²) in [6.07, 6.45) is -0.332. The summed E-state index contributed by atoms with van der Waals surface area (Å²) >= 11 is 0. The van der Waals surface area contributed by atoms with Crippen LogP contribution in [0.1, 0.15) is 22.9 Å². The Bertz CT molecular complexity index is 2910. The summed E-state index contributed by atoms with van der Waals surface area (Å²) in [7, 11) is 0. The molecule has 0 amide bonds. The summed E-state index contributed by atoms with van der Waals surface area (Å²) in [6, 6.07) is 71.0. The third kappa shape index (κ3) is 5.32. The summed E-state index contributed by atoms with van der Waals surface area (Å²) in [5.41, 5.74) is 12.0. The van der Waals surface area contributed by atoms with E-state index in [1.165, 1.54) is 27.1 Å². The predicted molar refractivity (Wildman–Crippen MR) is 232 cm³/mol. The van der Waals surface area contributed by atoms with E-state index < -0.39 is 0 Å². The number of hydrogen-bond donors (Lipinski definition) is 1. The molecule has 0 bridgehead atoms. The predicted octanol–water partition coefficient (Wildman–Crippen LogP) is 12.0. The van der Waals surface area contributed by atoms with Crippen LogP contribution in [0, 0.1) is 0 Å². The smallest absolute Gasteiger partial charge is 0.159 e. The number of aromatic nitrogens is 2. The number of para-hydroxylation sites is 4. The number of nitrogens with zero attached hydrogens (tertiary/aromatic N) is 4. The van der Waals surface area contributed by atoms with E-state index in [4.69, 9.17) is 9.98 Å². The van der Waals surface area contributed by atoms with Gasteiger partial charge in [-0.2, -0.15) is 0 Å². The fourth-order valence-corrected chi connectivity index (χ4v) is 8.37. The monoisotopic (exact) mass is 717 g/mol. The minimum atomic E-state index is -0.332. The number of fused-ring (bicyclic) bond motifs is 6. The van der Waals surface area contributed by atoms with E-state index in [1.807, 2.05) is 12.1 Å². The second kappa shape index (κ2) is 13.1. The number of rotatable bonds is 6. The van der Waals surface area contributed by atoms with E-state index in [-0.39, 0.29) is 6.17 Å². The molecule has 11 rings (SSSR count). The van der Waals surface area contributed by atoms with Gasteiger partial charge in [-0.3, -0.25) is 0 Å². The molecule has 0 aliphatic carbocycles. The van der Waals surface area contributed by atoms with Gasteiger partial charge in [0, 0.05) is 44.0 Å². The fourth-order valence-electron chi connectivity index (χ4n) is 8.37. The maximum absolute atomic E-state index is 5.36. The van der Waals surface area contributed by atoms with Crippen molar-refractivity contribution in [2.45, 2.75) is 6.17 Å². The second-order valence-corrected chi connectivity index (χ2v) is 14.3. The minimum absolute atomic E-state index is 0.332. The van der Waals surface area contributed by atoms with Gasteiger partial charge in [0.15, 0.2) is 5.84 Å². The van der Waals surface area contributed by atoms with Crippen LogP contribution >= 0.6 is 0 Å². The molecule has 56 heavy (non-hydrogen) atoms. The zero-order chi connectivity index (χ0) is 37.0. The molecule has 0 spiro atoms. The van der Waals surface area contributed by atoms with Gasteiger partial charge < -0.3 is 14.5 Å². The maximum Gasteiger partial charge on any atom is 0.159 e. The SMILES string of the molecule is c1ccc(-c2ccc(C3=NC(c4cc(-n5c6ccccc6c6ccccc65)cc(-n5c6ccccc6c6ccccc65)c4)=NC(c4ccccc4)N3)cc2)cc1. The van der Waals surface area contributed by atoms with Crippen LogP contribution in [-0.2, 0) is 0 Å². The van der Waals surface area contributed by atoms with Gasteiger partial charge in [-0.05, 0) is 59.2 Å². The molecular weight excluding hydrogens is 683 g/mol. The lowest BCUT2D eigenvalue weighted by atomic mass is 10.0. The zero-order valence-corrected chi connectivity index (χ0v) is 30.4. The Kier molecular flexibility index (Phi) is 7.49. The Morgan fingerprint density at radius 2 is 0.786 bits per heavy atom. The lowest BCUT2D eigenvalue weighted by Crippen LogP contribution is -2.33. The van der Waals surface area contributed by atoms with Crippen molar-refractivity contribution in [3.8, 4) is 22.5 Å². The van der Waals surface area contributed by atoms with Crippen molar-refractivity contribution in [3.63, 3.8) is 0 Å². The minimum Gasteiger partial charge on any atom is -0.344 e. The van der Waals surface area contributed by atoms with Gasteiger partial charge in [0.1, 0.15) is 12.0 Å². The largest absolute Gasteiger partial charge is 0.344 e. The van der Waals surface area contributed by atoms with Crippen LogP contribution in [0.4, 0.5) is 0 Å². The molecule has 264 valence electrons. The summed E-state index contributed by atoms with van der Waals surface area (Å²) < 4.78 is 4.77. The number of amidine groups is 2. The van der Waals surface area contributed by atoms with Gasteiger partial charge in [-0.25, -0.2) is 9.98 Å². The molecule has 10 aromatic rings. The van der Waals surface area contributed by atoms with Crippen LogP contribution in [-0.4, -0.2) is 20.8 Å². The average Bonchev–Trinajstić information content (AvgIpc) is 3.80. The summed E-state index contributed by atoms with van der Waals surface area (Å²) in [5, 5.41) is 8.55. The summed E-state index contributed by atoms with van der Waals surface area (Å²) in [5.74, 6) is 1.45. The van der Waals surface area contributed by atoms with Gasteiger partial charge in [-0.1, -0.05) is 158 Å². The van der Waals surface area contributed by atoms with Crippen molar-refractivity contribution in [1.29, 1.82) is 0 Å². The third-order valence-electron chi connectivity index (χ3n) is 11.0. The Labute approximate surface area is 324 Å². The number of benzene rings is 8. The first kappa shape index (κ1) is 32.0. The summed E-state index contributed by atoms with van der Waals surface area (Å²) in [4.78, 5) is 10.7. The van der Waals surface area contributed by atoms with Crippen LogP contribution in [0.25, 0.3) is 66.1 Å². The lowest BCUT2D eigenvalue weighted by molar-refractivity contribution is 0.674. The van der Waals surface area contributed by atoms with Crippen molar-refractivity contribution >= 4 is 55.3 Å². The van der Waals surface area contributed by atoms with Gasteiger partial charge in [0.25, 0.3) is 0 Å². The number of nitrogens with one attached hydrogen (secondary N) is 1. The van der Waals surface area contributed by atoms with E-state index in [1.54, 1.807) is 0 Å². The zero-order valence-electron chi connectivity index (χ0n) is 30.4. The lowest BCUT2D eigenvalue weighted by Gasteiger charge is -2.24. The molecule has 0 fully saturated rings. The van der Waals surface area contributed by atoms with Gasteiger partial charge in [-0.15, -0.1) is 0 Å². The van der Waals surface area contributed by atoms with Crippen LogP contribution in [0.15, 0.2) is 210 Å². The number of aliphatic imine (C=N–C) groups is 2. The highest BCUT2D eigenvalue weighted by atomic mass is 15.2. The molecule has 0 radical (unpaired) electrons. The second-order valence-electron chi connectivity index (χ2n) is 14.3. The quantitative estimate of drug-likeness (QED) is 0.183. The Hall–Kier alpha value is -7.50. The molecule has 1 atom stereocenters. The molecule has 1 aliphatic rings. The first-order valence-corrected chi connectivity index (χ1v) is 19.0. The van der Waals surface area contributed by atoms with Crippen molar-refractivity contribution in [2.24, 2.45) is 9.98 Å². The highest BCUT2D eigenvalue weighted by molar-refractivity contribution is 6.15. The standard InChI is InChI=1S/C51H35N5/c1-3-15-34(16-4-1)35-27-29-37(30-28-35)50-52-49(36-17-5-2-6-18-36)53-51(54-50)38-31-39(55-45-23-11-7-19-41(45)42-20-8-12-24-46(42)55)33-40(32-38)56-47-25-13-9-21-43(47)44-22-10-14-26-48(44)56/h1-33,49H,(H,52,53,54). The highest BCUT2D eigenvalue weighted by Gasteiger charge is 2.23. The molecule has 3 heterocycles. The average molecular weight is 718 g/mol. The summed E-state index contributed by atoms with van der Waals surface area (Å²) in [6.45, 7) is 0. The topological polar surface area (TPSA) is 46.6 Å². The maximum atomic E-state index is 5.36. The van der Waals surface area contributed by atoms with Crippen molar-refractivity contribution in [1.82, 2.24) is 14.5 Å². The molecular formula is C51H35N5. The van der Waals surface area contributed by atoms with Crippen LogP contribution in [0.5, 0.6) is 0 Å². The molecule has 1 N–H and O–H groups in total. The van der Waals surface area contributed by atoms with Crippen LogP contribution in [0.2, 0.25) is 0 Å². The molecule has 5 heteroatoms. The van der Waals surface area contributed by atoms with Gasteiger partial charge >= 0.3 is 0 Å². The van der Waals surface area contributed by atoms with E-state index in [0.29, 0.717) is 5.84 Å².